The van der Waals surface area contributed by atoms with Crippen molar-refractivity contribution in [3.8, 4) is 11.2 Å². The highest BCUT2D eigenvalue weighted by Crippen LogP contribution is 2.35. The molecular weight excluding hydrogens is 1770 g/mol. The average molecular weight is 1910 g/mol. The number of fused-ring (bicyclic) bond motifs is 3. The van der Waals surface area contributed by atoms with Gasteiger partial charge in [-0.1, -0.05) is 244 Å². The summed E-state index contributed by atoms with van der Waals surface area (Å²) >= 11 is 0. The van der Waals surface area contributed by atoms with E-state index < -0.39 is 77.1 Å². The zero-order chi connectivity index (χ0) is 97.4. The topological polar surface area (TPSA) is 270 Å². The summed E-state index contributed by atoms with van der Waals surface area (Å²) in [7, 11) is -8.76. The number of sulfonamides is 3. The van der Waals surface area contributed by atoms with Crippen molar-refractivity contribution < 1.29 is 77.7 Å². The van der Waals surface area contributed by atoms with Crippen LogP contribution in [-0.2, 0) is 89.1 Å². The number of rotatable bonds is 24. The number of methoxy groups -OCH3 is 1. The summed E-state index contributed by atoms with van der Waals surface area (Å²) in [5, 5.41) is 22.2. The molecule has 2 N–H and O–H groups in total. The van der Waals surface area contributed by atoms with Crippen LogP contribution in [0.1, 0.15) is 179 Å². The maximum Gasteiger partial charge on any atom is 0.337 e. The molecule has 136 heavy (non-hydrogen) atoms. The molecule has 1 amide bonds. The summed E-state index contributed by atoms with van der Waals surface area (Å²) in [5.74, 6) is 0.466. The second kappa shape index (κ2) is 50.8. The molecular formula is C111H132FN5O16S3. The largest absolute Gasteiger partial charge is 0.479 e. The number of carboxylic acid groups (broad SMARTS) is 1. The summed E-state index contributed by atoms with van der Waals surface area (Å²) in [4.78, 5) is 62.8. The Morgan fingerprint density at radius 3 is 1.34 bits per heavy atom. The van der Waals surface area contributed by atoms with Crippen LogP contribution in [0, 0.1) is 46.6 Å². The smallest absolute Gasteiger partial charge is 0.337 e. The number of ketones is 1. The number of amides is 1. The van der Waals surface area contributed by atoms with Crippen LogP contribution in [0.4, 0.5) is 4.39 Å². The summed E-state index contributed by atoms with van der Waals surface area (Å²) < 4.78 is 114. The fourth-order valence-corrected chi connectivity index (χ4v) is 21.2. The van der Waals surface area contributed by atoms with Crippen molar-refractivity contribution in [1.29, 1.82) is 0 Å². The Morgan fingerprint density at radius 1 is 0.507 bits per heavy atom. The minimum absolute atomic E-state index is 0.0581. The van der Waals surface area contributed by atoms with Crippen molar-refractivity contribution in [2.45, 2.75) is 174 Å². The standard InChI is InChI=1S/C26H38FNO7.C24H25NO3S.C24H23NO2S.C13H19NO2S.C12H17N.C12H10O2/c1-16(2)23(30)28(22(24(31)32)17-8-10-18(27)11-9-17)13-12-19-14-20(34-26(6,7)33-19)15-21(29)35-25(3,4)5;26-24(23-11-10-21-8-4-5-9-22(21)17-23)18-29(27,28)25-14-12-20(13-15-25)16-19-6-2-1-3-7-19;26-28(27,17-14-21-10-11-23-8-4-5-9-24(23)19-21)25-15-12-22(13-16-25)18-20-6-2-1-3-7-20;1-17(15,16)14-9-7-13(8-10-14)11-12-5-3-2-4-6-12;1-2-4-11(5-3-1)10-12-6-8-13-9-7-12;1-14-12(13)11-7-6-9-4-2-3-5-10(9)8-11/h8-11,16,19-20,22H,12-15H2,1-7H3,(H,31,32);1-11,17,20H,12-16,18H2;1-11,19,22H,12-13,15-16,18H2;2-6,13H,7-11H2,1H3;1-5,12-13H,6-10H2;2-8H,1H3/t19-,20-,22?;;;;;/m1...../s1. The number of carbonyl (C=O) groups excluding carboxylic acids is 4. The Bertz CT molecular complexity index is 6130. The maximum absolute atomic E-state index is 13.4. The number of benzene rings is 11. The maximum atomic E-state index is 13.4. The second-order valence-electron chi connectivity index (χ2n) is 37.5. The van der Waals surface area contributed by atoms with E-state index in [0.717, 1.165) is 102 Å². The van der Waals surface area contributed by atoms with Crippen LogP contribution in [-0.4, -0.2) is 179 Å². The van der Waals surface area contributed by atoms with Gasteiger partial charge in [-0.15, -0.1) is 0 Å². The van der Waals surface area contributed by atoms with Crippen molar-refractivity contribution in [3.63, 3.8) is 0 Å². The van der Waals surface area contributed by atoms with Gasteiger partial charge in [-0.25, -0.2) is 39.4 Å². The molecule has 0 bridgehead atoms. The van der Waals surface area contributed by atoms with Crippen molar-refractivity contribution in [2.24, 2.45) is 29.6 Å². The molecule has 0 radical (unpaired) electrons. The van der Waals surface area contributed by atoms with Crippen LogP contribution in [0.3, 0.4) is 0 Å². The first kappa shape index (κ1) is 105. The summed E-state index contributed by atoms with van der Waals surface area (Å²) in [5.41, 5.74) is 6.92. The molecule has 5 saturated heterocycles. The lowest BCUT2D eigenvalue weighted by molar-refractivity contribution is -0.301. The van der Waals surface area contributed by atoms with Gasteiger partial charge in [0.1, 0.15) is 17.2 Å². The van der Waals surface area contributed by atoms with Crippen LogP contribution in [0.25, 0.3) is 32.3 Å². The van der Waals surface area contributed by atoms with Crippen molar-refractivity contribution in [3.05, 3.63) is 323 Å². The molecule has 21 nitrogen and oxygen atoms in total. The molecule has 11 aromatic carbocycles. The van der Waals surface area contributed by atoms with Crippen molar-refractivity contribution >= 4 is 92.0 Å². The lowest BCUT2D eigenvalue weighted by Crippen LogP contribution is -2.48. The number of halogens is 1. The van der Waals surface area contributed by atoms with Crippen LogP contribution < -0.4 is 5.32 Å². The van der Waals surface area contributed by atoms with Gasteiger partial charge in [0.2, 0.25) is 26.0 Å². The number of Topliss-reactive ketones (excluding diaryl/α,β-unsaturated/α-hetero) is 1. The molecule has 25 heteroatoms. The molecule has 722 valence electrons. The molecule has 0 saturated carbocycles. The van der Waals surface area contributed by atoms with E-state index in [4.69, 9.17) is 14.2 Å². The number of carboxylic acids is 1. The molecule has 0 aliphatic carbocycles. The number of nitrogens with one attached hydrogen (secondary N) is 1. The third-order valence-corrected chi connectivity index (χ3v) is 29.4. The van der Waals surface area contributed by atoms with Gasteiger partial charge in [0.05, 0.1) is 37.6 Å². The lowest BCUT2D eigenvalue weighted by atomic mass is 9.91. The van der Waals surface area contributed by atoms with Crippen LogP contribution in [0.5, 0.6) is 0 Å². The van der Waals surface area contributed by atoms with Gasteiger partial charge in [0.15, 0.2) is 17.6 Å². The highest BCUT2D eigenvalue weighted by molar-refractivity contribution is 7.93. The first-order chi connectivity index (χ1) is 65.0. The fraction of sp³-hybridized carbons (Fsp3) is 0.396. The minimum atomic E-state index is -3.60. The molecule has 0 spiro atoms. The number of carbonyl (C=O) groups is 5. The number of piperidine rings is 4. The summed E-state index contributed by atoms with van der Waals surface area (Å²) in [6.45, 7) is 18.2. The number of hydrogen-bond acceptors (Lipinski definition) is 16. The van der Waals surface area contributed by atoms with Crippen LogP contribution in [0.2, 0.25) is 0 Å². The van der Waals surface area contributed by atoms with Gasteiger partial charge in [-0.05, 0) is 263 Å². The fourth-order valence-electron chi connectivity index (χ4n) is 17.8. The number of nitrogens with zero attached hydrogens (tertiary/aromatic N) is 4. The zero-order valence-electron chi connectivity index (χ0n) is 79.7. The van der Waals surface area contributed by atoms with E-state index in [1.54, 1.807) is 71.0 Å². The number of aliphatic carboxylic acids is 1. The van der Waals surface area contributed by atoms with Gasteiger partial charge in [0.25, 0.3) is 10.0 Å². The molecule has 11 aromatic rings. The zero-order valence-corrected chi connectivity index (χ0v) is 82.2. The third-order valence-electron chi connectivity index (χ3n) is 24.9. The first-order valence-electron chi connectivity index (χ1n) is 47.3. The van der Waals surface area contributed by atoms with Gasteiger partial charge in [-0.3, -0.25) is 14.4 Å². The highest BCUT2D eigenvalue weighted by atomic mass is 32.2. The van der Waals surface area contributed by atoms with E-state index in [1.807, 2.05) is 140 Å². The van der Waals surface area contributed by atoms with Crippen molar-refractivity contribution in [2.75, 3.05) is 78.0 Å². The molecule has 0 aromatic heterocycles. The molecule has 3 atom stereocenters. The molecule has 16 rings (SSSR count). The van der Waals surface area contributed by atoms with E-state index in [2.05, 4.69) is 112 Å². The van der Waals surface area contributed by atoms with Crippen molar-refractivity contribution in [1.82, 2.24) is 23.1 Å². The predicted molar refractivity (Wildman–Crippen MR) is 538 cm³/mol. The minimum Gasteiger partial charge on any atom is -0.479 e. The van der Waals surface area contributed by atoms with E-state index >= 15 is 0 Å². The van der Waals surface area contributed by atoms with Crippen LogP contribution >= 0.6 is 0 Å². The monoisotopic (exact) mass is 1910 g/mol. The number of hydrogen-bond donors (Lipinski definition) is 2. The predicted octanol–water partition coefficient (Wildman–Crippen LogP) is 20.0. The van der Waals surface area contributed by atoms with Gasteiger partial charge in [0, 0.05) is 74.5 Å². The Labute approximate surface area is 804 Å². The highest BCUT2D eigenvalue weighted by Gasteiger charge is 2.40. The first-order valence-corrected chi connectivity index (χ1v) is 52.2. The van der Waals surface area contributed by atoms with Gasteiger partial charge in [-0.2, -0.15) is 12.7 Å². The van der Waals surface area contributed by atoms with Gasteiger partial charge < -0.3 is 34.3 Å². The Balaban J connectivity index is 0.000000162. The van der Waals surface area contributed by atoms with E-state index in [-0.39, 0.29) is 42.7 Å². The normalized spacial score (nSPS) is 17.3. The summed E-state index contributed by atoms with van der Waals surface area (Å²) in [6.07, 6.45) is 13.6. The Morgan fingerprint density at radius 2 is 0.904 bits per heavy atom. The van der Waals surface area contributed by atoms with E-state index in [0.29, 0.717) is 86.6 Å². The Kier molecular flexibility index (Phi) is 39.3. The lowest BCUT2D eigenvalue weighted by Gasteiger charge is -2.41. The molecule has 5 heterocycles. The molecule has 5 aliphatic heterocycles. The average Bonchev–Trinajstić information content (AvgIpc) is 0.812. The molecule has 5 fully saturated rings. The van der Waals surface area contributed by atoms with E-state index in [9.17, 15) is 58.7 Å². The third kappa shape index (κ3) is 33.9. The summed E-state index contributed by atoms with van der Waals surface area (Å²) in [6, 6.07) is 86.1. The SMILES string of the molecule is CC(C)C(=O)N(CC[C@@H]1C[C@H](CC(=O)OC(C)(C)C)OC(C)(C)O1)C(C(=O)O)c1ccc(F)cc1.COC(=O)c1ccc2ccccc2c1.CS(=O)(=O)N1CCC(Cc2ccccc2)CC1.O=C(CS(=O)(=O)N1CCC(Cc2ccccc2)CC1)c1ccc2ccccc2c1.O=S(=O)(C#Cc1ccc2ccccc2c1)N1CCC(Cc2ccccc2)CC1.c1ccc(CC2CCNCC2)cc1. The van der Waals surface area contributed by atoms with Gasteiger partial charge >= 0.3 is 17.9 Å². The second-order valence-corrected chi connectivity index (χ2v) is 43.1. The van der Waals surface area contributed by atoms with E-state index in [1.165, 1.54) is 106 Å². The Hall–Kier alpha value is -11.2. The van der Waals surface area contributed by atoms with Crippen LogP contribution in [0.15, 0.2) is 273 Å². The quantitative estimate of drug-likeness (QED) is 0.0323. The number of esters is 2. The number of ether oxygens (including phenoxy) is 4. The molecule has 1 unspecified atom stereocenters. The molecule has 5 aliphatic rings.